The van der Waals surface area contributed by atoms with Gasteiger partial charge >= 0.3 is 0 Å². The lowest BCUT2D eigenvalue weighted by Crippen LogP contribution is -2.43. The van der Waals surface area contributed by atoms with Crippen LogP contribution in [0.5, 0.6) is 0 Å². The van der Waals surface area contributed by atoms with Crippen LogP contribution in [0.15, 0.2) is 0 Å². The van der Waals surface area contributed by atoms with E-state index < -0.39 is 0 Å². The largest absolute Gasteiger partial charge is 0.310 e. The van der Waals surface area contributed by atoms with Crippen molar-refractivity contribution in [2.75, 3.05) is 20.6 Å². The molecule has 0 bridgehead atoms. The van der Waals surface area contributed by atoms with Crippen LogP contribution >= 0.6 is 0 Å². The van der Waals surface area contributed by atoms with Crippen molar-refractivity contribution < 1.29 is 0 Å². The monoisotopic (exact) mass is 186 g/mol. The van der Waals surface area contributed by atoms with E-state index >= 15 is 0 Å². The number of hydrogen-bond donors (Lipinski definition) is 1. The summed E-state index contributed by atoms with van der Waals surface area (Å²) >= 11 is 0. The molecule has 0 spiro atoms. The van der Waals surface area contributed by atoms with E-state index in [-0.39, 0.29) is 0 Å². The van der Waals surface area contributed by atoms with E-state index in [1.807, 2.05) is 0 Å². The number of rotatable bonds is 6. The van der Waals surface area contributed by atoms with Crippen LogP contribution in [0.2, 0.25) is 0 Å². The molecule has 2 heteroatoms. The normalized spacial score (nSPS) is 18.7. The van der Waals surface area contributed by atoms with Gasteiger partial charge in [-0.3, -0.25) is 0 Å². The number of nitrogens with zero attached hydrogens (tertiary/aromatic N) is 1. The van der Waals surface area contributed by atoms with Gasteiger partial charge in [-0.2, -0.15) is 0 Å². The first-order chi connectivity index (χ1) is 5.97. The molecular formula is C11H26N2. The smallest absolute Gasteiger partial charge is 0.0169 e. The van der Waals surface area contributed by atoms with Crippen LogP contribution in [0.25, 0.3) is 0 Å². The zero-order valence-electron chi connectivity index (χ0n) is 10.1. The minimum atomic E-state index is 0.582. The summed E-state index contributed by atoms with van der Waals surface area (Å²) < 4.78 is 0. The van der Waals surface area contributed by atoms with Gasteiger partial charge in [0.25, 0.3) is 0 Å². The number of hydrogen-bond acceptors (Lipinski definition) is 2. The predicted octanol–water partition coefficient (Wildman–Crippen LogP) is 1.96. The van der Waals surface area contributed by atoms with E-state index in [9.17, 15) is 0 Å². The second-order valence-electron chi connectivity index (χ2n) is 4.50. The summed E-state index contributed by atoms with van der Waals surface area (Å²) in [5, 5.41) is 3.62. The summed E-state index contributed by atoms with van der Waals surface area (Å²) in [6, 6.07) is 1.21. The molecule has 3 unspecified atom stereocenters. The predicted molar refractivity (Wildman–Crippen MR) is 60.1 cm³/mol. The average molecular weight is 186 g/mol. The first kappa shape index (κ1) is 12.9. The lowest BCUT2D eigenvalue weighted by molar-refractivity contribution is 0.299. The van der Waals surface area contributed by atoms with Crippen LogP contribution < -0.4 is 5.32 Å². The highest BCUT2D eigenvalue weighted by molar-refractivity contribution is 4.72. The molecule has 80 valence electrons. The highest BCUT2D eigenvalue weighted by Gasteiger charge is 2.12. The van der Waals surface area contributed by atoms with Crippen molar-refractivity contribution in [1.29, 1.82) is 0 Å². The van der Waals surface area contributed by atoms with Gasteiger partial charge in [0.2, 0.25) is 0 Å². The lowest BCUT2D eigenvalue weighted by atomic mass is 10.0. The molecule has 0 saturated carbocycles. The van der Waals surface area contributed by atoms with Crippen LogP contribution in [0.4, 0.5) is 0 Å². The fourth-order valence-corrected chi connectivity index (χ4v) is 1.57. The summed E-state index contributed by atoms with van der Waals surface area (Å²) in [4.78, 5) is 2.22. The third-order valence-corrected chi connectivity index (χ3v) is 2.68. The number of likely N-dealkylation sites (N-methyl/N-ethyl adjacent to an activating group) is 1. The molecule has 0 radical (unpaired) electrons. The van der Waals surface area contributed by atoms with E-state index in [4.69, 9.17) is 0 Å². The molecule has 0 amide bonds. The first-order valence-electron chi connectivity index (χ1n) is 5.38. The molecule has 0 aliphatic heterocycles. The van der Waals surface area contributed by atoms with Gasteiger partial charge < -0.3 is 10.2 Å². The number of nitrogens with one attached hydrogen (secondary N) is 1. The maximum Gasteiger partial charge on any atom is 0.0169 e. The summed E-state index contributed by atoms with van der Waals surface area (Å²) in [5.41, 5.74) is 0. The summed E-state index contributed by atoms with van der Waals surface area (Å²) in [5.74, 6) is 0.768. The molecule has 3 atom stereocenters. The van der Waals surface area contributed by atoms with Crippen LogP contribution in [0.3, 0.4) is 0 Å². The molecule has 0 saturated heterocycles. The second kappa shape index (κ2) is 6.39. The summed E-state index contributed by atoms with van der Waals surface area (Å²) in [6.45, 7) is 10.2. The van der Waals surface area contributed by atoms with Gasteiger partial charge in [-0.25, -0.2) is 0 Å². The Kier molecular flexibility index (Phi) is 6.35. The van der Waals surface area contributed by atoms with Gasteiger partial charge in [0.15, 0.2) is 0 Å². The second-order valence-corrected chi connectivity index (χ2v) is 4.50. The lowest BCUT2D eigenvalue weighted by Gasteiger charge is -2.26. The Bertz CT molecular complexity index is 123. The third-order valence-electron chi connectivity index (χ3n) is 2.68. The molecule has 13 heavy (non-hydrogen) atoms. The molecule has 0 aromatic heterocycles. The topological polar surface area (TPSA) is 15.3 Å². The van der Waals surface area contributed by atoms with Crippen molar-refractivity contribution in [3.8, 4) is 0 Å². The maximum atomic E-state index is 3.62. The molecule has 1 N–H and O–H groups in total. The Balaban J connectivity index is 3.70. The molecule has 0 aromatic carbocycles. The van der Waals surface area contributed by atoms with Gasteiger partial charge in [-0.05, 0) is 33.9 Å². The average Bonchev–Trinajstić information content (AvgIpc) is 2.01. The fourth-order valence-electron chi connectivity index (χ4n) is 1.57. The Morgan fingerprint density at radius 3 is 2.08 bits per heavy atom. The van der Waals surface area contributed by atoms with Crippen molar-refractivity contribution >= 4 is 0 Å². The first-order valence-corrected chi connectivity index (χ1v) is 5.38. The highest BCUT2D eigenvalue weighted by atomic mass is 15.1. The van der Waals surface area contributed by atoms with Crippen LogP contribution in [0.1, 0.15) is 34.1 Å². The standard InChI is InChI=1S/C11H26N2/c1-7-9(2)11(4)12-10(3)8-13(5)6/h9-12H,7-8H2,1-6H3. The van der Waals surface area contributed by atoms with Crippen molar-refractivity contribution in [3.63, 3.8) is 0 Å². The van der Waals surface area contributed by atoms with Gasteiger partial charge in [0.1, 0.15) is 0 Å². The van der Waals surface area contributed by atoms with E-state index in [2.05, 4.69) is 52.0 Å². The summed E-state index contributed by atoms with van der Waals surface area (Å²) in [6.07, 6.45) is 1.25. The minimum Gasteiger partial charge on any atom is -0.310 e. The SMILES string of the molecule is CCC(C)C(C)NC(C)CN(C)C. The van der Waals surface area contributed by atoms with E-state index in [1.54, 1.807) is 0 Å². The van der Waals surface area contributed by atoms with Crippen molar-refractivity contribution in [2.24, 2.45) is 5.92 Å². The van der Waals surface area contributed by atoms with Crippen molar-refractivity contribution in [3.05, 3.63) is 0 Å². The van der Waals surface area contributed by atoms with Crippen molar-refractivity contribution in [1.82, 2.24) is 10.2 Å². The quantitative estimate of drug-likeness (QED) is 0.682. The molecule has 2 nitrogen and oxygen atoms in total. The zero-order chi connectivity index (χ0) is 10.4. The summed E-state index contributed by atoms with van der Waals surface area (Å²) in [7, 11) is 4.23. The molecule has 0 aromatic rings. The Labute approximate surface area is 83.7 Å². The highest BCUT2D eigenvalue weighted by Crippen LogP contribution is 2.07. The van der Waals surface area contributed by atoms with Crippen molar-refractivity contribution in [2.45, 2.75) is 46.2 Å². The molecule has 0 fully saturated rings. The van der Waals surface area contributed by atoms with Gasteiger partial charge in [0.05, 0.1) is 0 Å². The van der Waals surface area contributed by atoms with Gasteiger partial charge in [-0.15, -0.1) is 0 Å². The van der Waals surface area contributed by atoms with E-state index in [0.29, 0.717) is 12.1 Å². The van der Waals surface area contributed by atoms with Gasteiger partial charge in [0, 0.05) is 18.6 Å². The molecule has 0 heterocycles. The fraction of sp³-hybridized carbons (Fsp3) is 1.00. The molecule has 0 aliphatic rings. The zero-order valence-corrected chi connectivity index (χ0v) is 10.1. The maximum absolute atomic E-state index is 3.62. The van der Waals surface area contributed by atoms with E-state index in [0.717, 1.165) is 12.5 Å². The Hall–Kier alpha value is -0.0800. The Morgan fingerprint density at radius 2 is 1.69 bits per heavy atom. The van der Waals surface area contributed by atoms with E-state index in [1.165, 1.54) is 6.42 Å². The molecule has 0 rings (SSSR count). The third kappa shape index (κ3) is 6.05. The molecule has 0 aliphatic carbocycles. The van der Waals surface area contributed by atoms with Crippen LogP contribution in [-0.2, 0) is 0 Å². The Morgan fingerprint density at radius 1 is 1.15 bits per heavy atom. The molecular weight excluding hydrogens is 160 g/mol. The van der Waals surface area contributed by atoms with Crippen LogP contribution in [0, 0.1) is 5.92 Å². The van der Waals surface area contributed by atoms with Crippen LogP contribution in [-0.4, -0.2) is 37.6 Å². The van der Waals surface area contributed by atoms with Gasteiger partial charge in [-0.1, -0.05) is 20.3 Å². The minimum absolute atomic E-state index is 0.582.